The van der Waals surface area contributed by atoms with Gasteiger partial charge in [0.05, 0.1) is 4.92 Å². The number of non-ortho nitro benzene ring substituents is 1. The Morgan fingerprint density at radius 3 is 2.85 bits per heavy atom. The van der Waals surface area contributed by atoms with Crippen LogP contribution in [0.3, 0.4) is 0 Å². The average molecular weight is 274 g/mol. The highest BCUT2D eigenvalue weighted by molar-refractivity contribution is 5.61. The lowest BCUT2D eigenvalue weighted by atomic mass is 10.1. The van der Waals surface area contributed by atoms with Gasteiger partial charge < -0.3 is 9.73 Å². The van der Waals surface area contributed by atoms with Crippen LogP contribution in [0.25, 0.3) is 11.3 Å². The third-order valence-electron chi connectivity index (χ3n) is 3.06. The molecule has 0 aliphatic rings. The average Bonchev–Trinajstić information content (AvgIpc) is 2.87. The van der Waals surface area contributed by atoms with Crippen molar-refractivity contribution in [1.29, 1.82) is 0 Å². The number of furan rings is 1. The largest absolute Gasteiger partial charge is 0.461 e. The van der Waals surface area contributed by atoms with Crippen LogP contribution in [-0.2, 0) is 6.42 Å². The van der Waals surface area contributed by atoms with Crippen molar-refractivity contribution in [2.75, 3.05) is 6.54 Å². The molecule has 1 N–H and O–H groups in total. The molecule has 1 atom stereocenters. The third kappa shape index (κ3) is 3.45. The Bertz CT molecular complexity index is 592. The number of hydrogen-bond donors (Lipinski definition) is 1. The Hall–Kier alpha value is -2.14. The van der Waals surface area contributed by atoms with E-state index in [0.717, 1.165) is 24.3 Å². The number of nitrogens with one attached hydrogen (secondary N) is 1. The van der Waals surface area contributed by atoms with Gasteiger partial charge in [-0.2, -0.15) is 0 Å². The molecule has 1 aromatic carbocycles. The molecule has 0 saturated heterocycles. The Morgan fingerprint density at radius 1 is 1.35 bits per heavy atom. The molecule has 5 heteroatoms. The molecule has 0 amide bonds. The summed E-state index contributed by atoms with van der Waals surface area (Å²) in [5, 5.41) is 14.1. The molecule has 0 radical (unpaired) electrons. The van der Waals surface area contributed by atoms with Gasteiger partial charge in [0.2, 0.25) is 0 Å². The summed E-state index contributed by atoms with van der Waals surface area (Å²) < 4.78 is 5.76. The molecule has 2 rings (SSSR count). The summed E-state index contributed by atoms with van der Waals surface area (Å²) in [6, 6.07) is 10.6. The van der Waals surface area contributed by atoms with Crippen molar-refractivity contribution in [3.05, 3.63) is 52.3 Å². The molecule has 1 heterocycles. The number of hydrogen-bond acceptors (Lipinski definition) is 4. The molecule has 2 aromatic rings. The van der Waals surface area contributed by atoms with Gasteiger partial charge in [0.25, 0.3) is 5.69 Å². The predicted molar refractivity (Wildman–Crippen MR) is 77.6 cm³/mol. The van der Waals surface area contributed by atoms with Crippen molar-refractivity contribution in [3.8, 4) is 11.3 Å². The summed E-state index contributed by atoms with van der Waals surface area (Å²) in [4.78, 5) is 10.4. The highest BCUT2D eigenvalue weighted by Gasteiger charge is 2.11. The minimum absolute atomic E-state index is 0.0708. The van der Waals surface area contributed by atoms with Crippen LogP contribution in [-0.4, -0.2) is 17.5 Å². The van der Waals surface area contributed by atoms with Gasteiger partial charge in [-0.1, -0.05) is 19.1 Å². The Kier molecular flexibility index (Phi) is 4.53. The molecular weight excluding hydrogens is 256 g/mol. The summed E-state index contributed by atoms with van der Waals surface area (Å²) in [6.07, 6.45) is 0.794. The van der Waals surface area contributed by atoms with Crippen molar-refractivity contribution in [2.24, 2.45) is 0 Å². The van der Waals surface area contributed by atoms with Crippen LogP contribution in [0.4, 0.5) is 5.69 Å². The predicted octanol–water partition coefficient (Wildman–Crippen LogP) is 3.40. The first-order chi connectivity index (χ1) is 9.60. The highest BCUT2D eigenvalue weighted by Crippen LogP contribution is 2.26. The van der Waals surface area contributed by atoms with Gasteiger partial charge in [-0.15, -0.1) is 0 Å². The molecule has 106 valence electrons. The smallest absolute Gasteiger partial charge is 0.270 e. The van der Waals surface area contributed by atoms with Crippen LogP contribution in [0.2, 0.25) is 0 Å². The maximum absolute atomic E-state index is 10.8. The fraction of sp³-hybridized carbons (Fsp3) is 0.333. The van der Waals surface area contributed by atoms with Gasteiger partial charge in [0, 0.05) is 30.2 Å². The SMILES string of the molecule is CCNC(C)Cc1ccc(-c2cccc([N+](=O)[O-])c2)o1. The van der Waals surface area contributed by atoms with Crippen LogP contribution in [0.1, 0.15) is 19.6 Å². The molecule has 1 unspecified atom stereocenters. The lowest BCUT2D eigenvalue weighted by Gasteiger charge is -2.09. The molecule has 20 heavy (non-hydrogen) atoms. The second kappa shape index (κ2) is 6.34. The van der Waals surface area contributed by atoms with Gasteiger partial charge >= 0.3 is 0 Å². The van der Waals surface area contributed by atoms with Gasteiger partial charge in [-0.05, 0) is 25.6 Å². The lowest BCUT2D eigenvalue weighted by Crippen LogP contribution is -2.27. The molecule has 0 saturated carbocycles. The fourth-order valence-electron chi connectivity index (χ4n) is 2.14. The second-order valence-electron chi connectivity index (χ2n) is 4.74. The molecule has 0 bridgehead atoms. The summed E-state index contributed by atoms with van der Waals surface area (Å²) in [5.41, 5.74) is 0.794. The van der Waals surface area contributed by atoms with Crippen LogP contribution < -0.4 is 5.32 Å². The van der Waals surface area contributed by atoms with Crippen molar-refractivity contribution in [3.63, 3.8) is 0 Å². The number of rotatable bonds is 6. The second-order valence-corrected chi connectivity index (χ2v) is 4.74. The molecular formula is C15H18N2O3. The van der Waals surface area contributed by atoms with E-state index in [4.69, 9.17) is 4.42 Å². The highest BCUT2D eigenvalue weighted by atomic mass is 16.6. The van der Waals surface area contributed by atoms with E-state index in [2.05, 4.69) is 19.2 Å². The maximum Gasteiger partial charge on any atom is 0.270 e. The van der Waals surface area contributed by atoms with E-state index < -0.39 is 4.92 Å². The van der Waals surface area contributed by atoms with Gasteiger partial charge in [0.15, 0.2) is 0 Å². The van der Waals surface area contributed by atoms with Gasteiger partial charge in [-0.3, -0.25) is 10.1 Å². The zero-order valence-corrected chi connectivity index (χ0v) is 11.6. The van der Waals surface area contributed by atoms with Crippen molar-refractivity contribution in [2.45, 2.75) is 26.3 Å². The van der Waals surface area contributed by atoms with Crippen LogP contribution >= 0.6 is 0 Å². The van der Waals surface area contributed by atoms with Gasteiger partial charge in [0.1, 0.15) is 11.5 Å². The van der Waals surface area contributed by atoms with E-state index in [9.17, 15) is 10.1 Å². The summed E-state index contributed by atoms with van der Waals surface area (Å²) in [5.74, 6) is 1.53. The van der Waals surface area contributed by atoms with Crippen LogP contribution in [0.15, 0.2) is 40.8 Å². The lowest BCUT2D eigenvalue weighted by molar-refractivity contribution is -0.384. The molecule has 0 spiro atoms. The first kappa shape index (κ1) is 14.3. The minimum atomic E-state index is -0.402. The molecule has 5 nitrogen and oxygen atoms in total. The van der Waals surface area contributed by atoms with E-state index in [1.807, 2.05) is 18.2 Å². The first-order valence-electron chi connectivity index (χ1n) is 6.67. The Balaban J connectivity index is 2.16. The van der Waals surface area contributed by atoms with E-state index in [0.29, 0.717) is 11.8 Å². The zero-order chi connectivity index (χ0) is 14.5. The number of likely N-dealkylation sites (N-methyl/N-ethyl adjacent to an activating group) is 1. The number of nitro groups is 1. The number of nitrogens with zero attached hydrogens (tertiary/aromatic N) is 1. The zero-order valence-electron chi connectivity index (χ0n) is 11.6. The number of benzene rings is 1. The fourth-order valence-corrected chi connectivity index (χ4v) is 2.14. The maximum atomic E-state index is 10.8. The van der Waals surface area contributed by atoms with Gasteiger partial charge in [-0.25, -0.2) is 0 Å². The molecule has 0 aliphatic heterocycles. The third-order valence-corrected chi connectivity index (χ3v) is 3.06. The quantitative estimate of drug-likeness (QED) is 0.647. The summed E-state index contributed by atoms with van der Waals surface area (Å²) in [6.45, 7) is 5.08. The van der Waals surface area contributed by atoms with E-state index >= 15 is 0 Å². The summed E-state index contributed by atoms with van der Waals surface area (Å²) in [7, 11) is 0. The van der Waals surface area contributed by atoms with Crippen LogP contribution in [0, 0.1) is 10.1 Å². The molecule has 1 aromatic heterocycles. The van der Waals surface area contributed by atoms with Crippen molar-refractivity contribution in [1.82, 2.24) is 5.32 Å². The van der Waals surface area contributed by atoms with E-state index in [1.165, 1.54) is 12.1 Å². The standard InChI is InChI=1S/C15H18N2O3/c1-3-16-11(2)9-14-7-8-15(20-14)12-5-4-6-13(10-12)17(18)19/h4-8,10-11,16H,3,9H2,1-2H3. The normalized spacial score (nSPS) is 12.3. The first-order valence-corrected chi connectivity index (χ1v) is 6.67. The Morgan fingerprint density at radius 2 is 2.15 bits per heavy atom. The Labute approximate surface area is 117 Å². The van der Waals surface area contributed by atoms with E-state index in [-0.39, 0.29) is 5.69 Å². The van der Waals surface area contributed by atoms with Crippen LogP contribution in [0.5, 0.6) is 0 Å². The van der Waals surface area contributed by atoms with E-state index in [1.54, 1.807) is 6.07 Å². The van der Waals surface area contributed by atoms with Crippen molar-refractivity contribution < 1.29 is 9.34 Å². The summed E-state index contributed by atoms with van der Waals surface area (Å²) >= 11 is 0. The monoisotopic (exact) mass is 274 g/mol. The molecule has 0 aliphatic carbocycles. The topological polar surface area (TPSA) is 68.3 Å². The minimum Gasteiger partial charge on any atom is -0.461 e. The molecule has 0 fully saturated rings. The van der Waals surface area contributed by atoms with Crippen molar-refractivity contribution >= 4 is 5.69 Å². The number of nitro benzene ring substituents is 1.